The van der Waals surface area contributed by atoms with E-state index >= 15 is 0 Å². The fourth-order valence-corrected chi connectivity index (χ4v) is 3.02. The van der Waals surface area contributed by atoms with Crippen LogP contribution in [0, 0.1) is 0 Å². The van der Waals surface area contributed by atoms with Crippen molar-refractivity contribution in [1.29, 1.82) is 0 Å². The van der Waals surface area contributed by atoms with Gasteiger partial charge in [-0.05, 0) is 48.9 Å². The number of esters is 1. The molecule has 1 heterocycles. The molecule has 0 fully saturated rings. The molecule has 1 unspecified atom stereocenters. The highest BCUT2D eigenvalue weighted by atomic mass is 79.9. The SMILES string of the molecule is COc1ccc(Br)cc1/C=C/C(=O)OC(C)C(=O)NCc1ccc2c(c1)OCO2. The van der Waals surface area contributed by atoms with Crippen molar-refractivity contribution in [2.45, 2.75) is 19.6 Å². The van der Waals surface area contributed by atoms with Crippen LogP contribution in [0.25, 0.3) is 6.08 Å². The monoisotopic (exact) mass is 461 g/mol. The average molecular weight is 462 g/mol. The molecule has 29 heavy (non-hydrogen) atoms. The van der Waals surface area contributed by atoms with Gasteiger partial charge in [-0.2, -0.15) is 0 Å². The smallest absolute Gasteiger partial charge is 0.331 e. The number of rotatable bonds is 7. The summed E-state index contributed by atoms with van der Waals surface area (Å²) >= 11 is 3.37. The fourth-order valence-electron chi connectivity index (χ4n) is 2.64. The molecule has 1 aliphatic rings. The molecule has 0 bridgehead atoms. The zero-order chi connectivity index (χ0) is 20.8. The highest BCUT2D eigenvalue weighted by Gasteiger charge is 2.17. The van der Waals surface area contributed by atoms with E-state index in [-0.39, 0.29) is 13.3 Å². The van der Waals surface area contributed by atoms with Crippen LogP contribution < -0.4 is 19.5 Å². The summed E-state index contributed by atoms with van der Waals surface area (Å²) in [6, 6.07) is 10.8. The standard InChI is InChI=1S/C21H20BrNO6/c1-13(21(25)23-11-14-3-6-18-19(9-14)28-12-27-18)29-20(24)8-4-15-10-16(22)5-7-17(15)26-2/h3-10,13H,11-12H2,1-2H3,(H,23,25)/b8-4+. The fraction of sp³-hybridized carbons (Fsp3) is 0.238. The van der Waals surface area contributed by atoms with Crippen molar-refractivity contribution in [1.82, 2.24) is 5.32 Å². The molecule has 0 aromatic heterocycles. The van der Waals surface area contributed by atoms with Gasteiger partial charge in [-0.1, -0.05) is 22.0 Å². The molecule has 7 nitrogen and oxygen atoms in total. The van der Waals surface area contributed by atoms with Crippen LogP contribution in [-0.4, -0.2) is 31.9 Å². The molecule has 0 radical (unpaired) electrons. The molecular formula is C21H20BrNO6. The third-order valence-corrected chi connectivity index (χ3v) is 4.65. The highest BCUT2D eigenvalue weighted by Crippen LogP contribution is 2.32. The summed E-state index contributed by atoms with van der Waals surface area (Å²) in [7, 11) is 1.55. The van der Waals surface area contributed by atoms with Crippen LogP contribution in [0.1, 0.15) is 18.1 Å². The van der Waals surface area contributed by atoms with Crippen molar-refractivity contribution < 1.29 is 28.5 Å². The van der Waals surface area contributed by atoms with E-state index in [1.807, 2.05) is 18.2 Å². The van der Waals surface area contributed by atoms with Gasteiger partial charge in [-0.15, -0.1) is 0 Å². The highest BCUT2D eigenvalue weighted by molar-refractivity contribution is 9.10. The topological polar surface area (TPSA) is 83.1 Å². The zero-order valence-electron chi connectivity index (χ0n) is 15.9. The number of carbonyl (C=O) groups excluding carboxylic acids is 2. The number of amides is 1. The van der Waals surface area contributed by atoms with Crippen molar-refractivity contribution >= 4 is 33.9 Å². The number of methoxy groups -OCH3 is 1. The minimum atomic E-state index is -0.939. The Morgan fingerprint density at radius 1 is 1.21 bits per heavy atom. The van der Waals surface area contributed by atoms with Gasteiger partial charge in [0.2, 0.25) is 6.79 Å². The Balaban J connectivity index is 1.51. The van der Waals surface area contributed by atoms with Crippen molar-refractivity contribution in [2.75, 3.05) is 13.9 Å². The number of hydrogen-bond donors (Lipinski definition) is 1. The summed E-state index contributed by atoms with van der Waals surface area (Å²) in [5, 5.41) is 2.73. The van der Waals surface area contributed by atoms with E-state index in [1.54, 1.807) is 31.4 Å². The first-order valence-electron chi connectivity index (χ1n) is 8.84. The summed E-state index contributed by atoms with van der Waals surface area (Å²) < 4.78 is 21.8. The first-order chi connectivity index (χ1) is 14.0. The molecule has 0 spiro atoms. The van der Waals surface area contributed by atoms with Crippen LogP contribution in [-0.2, 0) is 20.9 Å². The van der Waals surface area contributed by atoms with Crippen molar-refractivity contribution in [3.05, 3.63) is 58.1 Å². The molecule has 0 aliphatic carbocycles. The molecule has 2 aromatic rings. The lowest BCUT2D eigenvalue weighted by Crippen LogP contribution is -2.35. The predicted octanol–water partition coefficient (Wildman–Crippen LogP) is 3.45. The Labute approximate surface area is 176 Å². The number of ether oxygens (including phenoxy) is 4. The maximum Gasteiger partial charge on any atom is 0.331 e. The number of benzene rings is 2. The van der Waals surface area contributed by atoms with Crippen LogP contribution in [0.15, 0.2) is 46.9 Å². The molecule has 1 amide bonds. The molecule has 152 valence electrons. The second-order valence-corrected chi connectivity index (χ2v) is 7.12. The molecule has 0 saturated carbocycles. The second kappa shape index (κ2) is 9.47. The van der Waals surface area contributed by atoms with Crippen LogP contribution in [0.2, 0.25) is 0 Å². The van der Waals surface area contributed by atoms with Crippen LogP contribution in [0.4, 0.5) is 0 Å². The van der Waals surface area contributed by atoms with Crippen LogP contribution in [0.5, 0.6) is 17.2 Å². The minimum absolute atomic E-state index is 0.192. The Hall–Kier alpha value is -3.00. The zero-order valence-corrected chi connectivity index (χ0v) is 17.5. The Bertz CT molecular complexity index is 943. The van der Waals surface area contributed by atoms with Crippen LogP contribution in [0.3, 0.4) is 0 Å². The van der Waals surface area contributed by atoms with E-state index in [2.05, 4.69) is 21.2 Å². The van der Waals surface area contributed by atoms with Crippen molar-refractivity contribution in [3.63, 3.8) is 0 Å². The molecule has 1 aliphatic heterocycles. The number of carbonyl (C=O) groups is 2. The van der Waals surface area contributed by atoms with Gasteiger partial charge >= 0.3 is 5.97 Å². The summed E-state index contributed by atoms with van der Waals surface area (Å²) in [6.45, 7) is 1.99. The Morgan fingerprint density at radius 2 is 2.00 bits per heavy atom. The summed E-state index contributed by atoms with van der Waals surface area (Å²) in [6.07, 6.45) is 1.89. The quantitative estimate of drug-likeness (QED) is 0.502. The molecular weight excluding hydrogens is 442 g/mol. The molecule has 1 N–H and O–H groups in total. The molecule has 2 aromatic carbocycles. The van der Waals surface area contributed by atoms with Gasteiger partial charge < -0.3 is 24.3 Å². The summed E-state index contributed by atoms with van der Waals surface area (Å²) in [4.78, 5) is 24.3. The van der Waals surface area contributed by atoms with Gasteiger partial charge in [0.15, 0.2) is 17.6 Å². The van der Waals surface area contributed by atoms with E-state index in [1.165, 1.54) is 13.0 Å². The van der Waals surface area contributed by atoms with E-state index in [0.717, 1.165) is 10.0 Å². The molecule has 1 atom stereocenters. The first kappa shape index (κ1) is 20.7. The lowest BCUT2D eigenvalue weighted by atomic mass is 10.2. The normalized spacial score (nSPS) is 13.2. The second-order valence-electron chi connectivity index (χ2n) is 6.20. The van der Waals surface area contributed by atoms with Gasteiger partial charge in [-0.3, -0.25) is 4.79 Å². The molecule has 0 saturated heterocycles. The summed E-state index contributed by atoms with van der Waals surface area (Å²) in [5.74, 6) is 0.912. The van der Waals surface area contributed by atoms with Crippen LogP contribution >= 0.6 is 15.9 Å². The minimum Gasteiger partial charge on any atom is -0.496 e. The number of hydrogen-bond acceptors (Lipinski definition) is 6. The predicted molar refractivity (Wildman–Crippen MR) is 110 cm³/mol. The Morgan fingerprint density at radius 3 is 2.79 bits per heavy atom. The van der Waals surface area contributed by atoms with Gasteiger partial charge in [-0.25, -0.2) is 4.79 Å². The molecule has 3 rings (SSSR count). The van der Waals surface area contributed by atoms with E-state index in [0.29, 0.717) is 22.8 Å². The van der Waals surface area contributed by atoms with Crippen molar-refractivity contribution in [2.24, 2.45) is 0 Å². The summed E-state index contributed by atoms with van der Waals surface area (Å²) in [5.41, 5.74) is 1.56. The average Bonchev–Trinajstić information content (AvgIpc) is 3.18. The van der Waals surface area contributed by atoms with Gasteiger partial charge in [0, 0.05) is 22.7 Å². The third kappa shape index (κ3) is 5.51. The molecule has 8 heteroatoms. The third-order valence-electron chi connectivity index (χ3n) is 4.16. The number of halogens is 1. The largest absolute Gasteiger partial charge is 0.496 e. The van der Waals surface area contributed by atoms with Gasteiger partial charge in [0.25, 0.3) is 5.91 Å². The lowest BCUT2D eigenvalue weighted by molar-refractivity contribution is -0.150. The Kier molecular flexibility index (Phi) is 6.77. The first-order valence-corrected chi connectivity index (χ1v) is 9.64. The van der Waals surface area contributed by atoms with Gasteiger partial charge in [0.05, 0.1) is 7.11 Å². The van der Waals surface area contributed by atoms with E-state index in [9.17, 15) is 9.59 Å². The van der Waals surface area contributed by atoms with E-state index < -0.39 is 18.0 Å². The number of fused-ring (bicyclic) bond motifs is 1. The maximum atomic E-state index is 12.2. The van der Waals surface area contributed by atoms with Gasteiger partial charge in [0.1, 0.15) is 5.75 Å². The lowest BCUT2D eigenvalue weighted by Gasteiger charge is -2.12. The van der Waals surface area contributed by atoms with E-state index in [4.69, 9.17) is 18.9 Å². The maximum absolute atomic E-state index is 12.2. The number of nitrogens with one attached hydrogen (secondary N) is 1. The van der Waals surface area contributed by atoms with Crippen molar-refractivity contribution in [3.8, 4) is 17.2 Å².